The van der Waals surface area contributed by atoms with Crippen LogP contribution in [0.3, 0.4) is 0 Å². The van der Waals surface area contributed by atoms with Gasteiger partial charge < -0.3 is 15.4 Å². The van der Waals surface area contributed by atoms with Crippen molar-refractivity contribution < 1.29 is 41.8 Å². The molecule has 2 fully saturated rings. The molecule has 2 unspecified atom stereocenters. The van der Waals surface area contributed by atoms with E-state index in [2.05, 4.69) is 20.4 Å². The fraction of sp³-hybridized carbons (Fsp3) is 0.773. The molecule has 9 nitrogen and oxygen atoms in total. The van der Waals surface area contributed by atoms with Crippen LogP contribution >= 0.6 is 0 Å². The van der Waals surface area contributed by atoms with Gasteiger partial charge in [-0.1, -0.05) is 13.8 Å². The number of carbonyl (C=O) groups excluding carboxylic acids is 4. The molecule has 3 amide bonds. The van der Waals surface area contributed by atoms with Crippen LogP contribution < -0.4 is 10.6 Å². The predicted octanol–water partition coefficient (Wildman–Crippen LogP) is 1.93. The summed E-state index contributed by atoms with van der Waals surface area (Å²) in [5, 5.41) is 5.05. The van der Waals surface area contributed by atoms with Crippen molar-refractivity contribution in [2.75, 3.05) is 19.8 Å². The molecule has 12 heteroatoms. The Labute approximate surface area is 196 Å². The molecule has 2 N–H and O–H groups in total. The van der Waals surface area contributed by atoms with Crippen molar-refractivity contribution in [3.05, 3.63) is 0 Å². The molecule has 192 valence electrons. The molecule has 4 atom stereocenters. The highest BCUT2D eigenvalue weighted by atomic mass is 19.4. The van der Waals surface area contributed by atoms with Gasteiger partial charge in [0.05, 0.1) is 12.0 Å². The van der Waals surface area contributed by atoms with Crippen LogP contribution in [-0.2, 0) is 28.7 Å². The highest BCUT2D eigenvalue weighted by molar-refractivity contribution is 6.01. The molecule has 0 saturated carbocycles. The highest BCUT2D eigenvalue weighted by Gasteiger charge is 2.38. The SMILES string of the molecule is CC(C)CC(/C=N/C(=O)C1(C)CCCO1)C(=O)N[C@@H](C[C@@H]1CCNC1=O)C(=O)COC(F)(F)F. The van der Waals surface area contributed by atoms with E-state index in [9.17, 15) is 32.3 Å². The van der Waals surface area contributed by atoms with Gasteiger partial charge in [-0.15, -0.1) is 13.2 Å². The zero-order chi connectivity index (χ0) is 25.5. The molecule has 0 aromatic rings. The molecule has 2 heterocycles. The number of hydrogen-bond donors (Lipinski definition) is 2. The summed E-state index contributed by atoms with van der Waals surface area (Å²) in [6.45, 7) is 4.84. The second-order valence-electron chi connectivity index (χ2n) is 9.28. The average molecular weight is 492 g/mol. The Morgan fingerprint density at radius 2 is 2.06 bits per heavy atom. The third-order valence-electron chi connectivity index (χ3n) is 5.87. The van der Waals surface area contributed by atoms with Crippen molar-refractivity contribution in [3.63, 3.8) is 0 Å². The molecule has 0 bridgehead atoms. The molecular weight excluding hydrogens is 459 g/mol. The zero-order valence-corrected chi connectivity index (χ0v) is 19.6. The number of Topliss-reactive ketones (excluding diaryl/α,β-unsaturated/α-hetero) is 1. The summed E-state index contributed by atoms with van der Waals surface area (Å²) in [7, 11) is 0. The van der Waals surface area contributed by atoms with E-state index in [1.54, 1.807) is 6.92 Å². The fourth-order valence-electron chi connectivity index (χ4n) is 3.94. The van der Waals surface area contributed by atoms with Crippen LogP contribution in [0, 0.1) is 17.8 Å². The smallest absolute Gasteiger partial charge is 0.365 e. The minimum Gasteiger partial charge on any atom is -0.365 e. The van der Waals surface area contributed by atoms with Crippen LogP contribution in [0.1, 0.15) is 52.9 Å². The van der Waals surface area contributed by atoms with Crippen LogP contribution in [0.4, 0.5) is 13.2 Å². The monoisotopic (exact) mass is 491 g/mol. The Morgan fingerprint density at radius 3 is 2.59 bits per heavy atom. The van der Waals surface area contributed by atoms with E-state index in [-0.39, 0.29) is 24.7 Å². The second-order valence-corrected chi connectivity index (χ2v) is 9.28. The minimum atomic E-state index is -5.01. The Kier molecular flexibility index (Phi) is 9.74. The maximum atomic E-state index is 13.0. The second kappa shape index (κ2) is 11.9. The van der Waals surface area contributed by atoms with E-state index in [0.717, 1.165) is 0 Å². The third kappa shape index (κ3) is 8.46. The van der Waals surface area contributed by atoms with Crippen LogP contribution in [-0.4, -0.2) is 67.5 Å². The van der Waals surface area contributed by atoms with Crippen molar-refractivity contribution in [2.45, 2.75) is 70.9 Å². The van der Waals surface area contributed by atoms with Gasteiger partial charge in [-0.2, -0.15) is 0 Å². The first-order chi connectivity index (χ1) is 15.8. The van der Waals surface area contributed by atoms with E-state index < -0.39 is 54.0 Å². The predicted molar refractivity (Wildman–Crippen MR) is 115 cm³/mol. The maximum Gasteiger partial charge on any atom is 0.522 e. The van der Waals surface area contributed by atoms with Gasteiger partial charge in [-0.3, -0.25) is 23.9 Å². The first-order valence-electron chi connectivity index (χ1n) is 11.3. The van der Waals surface area contributed by atoms with E-state index in [0.29, 0.717) is 32.4 Å². The molecule has 2 saturated heterocycles. The highest BCUT2D eigenvalue weighted by Crippen LogP contribution is 2.26. The topological polar surface area (TPSA) is 123 Å². The quantitative estimate of drug-likeness (QED) is 0.426. The third-order valence-corrected chi connectivity index (χ3v) is 5.87. The number of halogens is 3. The molecule has 34 heavy (non-hydrogen) atoms. The average Bonchev–Trinajstić information content (AvgIpc) is 3.36. The van der Waals surface area contributed by atoms with Crippen molar-refractivity contribution in [2.24, 2.45) is 22.7 Å². The number of rotatable bonds is 11. The Morgan fingerprint density at radius 1 is 1.35 bits per heavy atom. The lowest BCUT2D eigenvalue weighted by Crippen LogP contribution is -2.47. The van der Waals surface area contributed by atoms with Gasteiger partial charge in [0.2, 0.25) is 11.8 Å². The van der Waals surface area contributed by atoms with Gasteiger partial charge in [-0.25, -0.2) is 4.99 Å². The maximum absolute atomic E-state index is 13.0. The van der Waals surface area contributed by atoms with Gasteiger partial charge >= 0.3 is 6.36 Å². The van der Waals surface area contributed by atoms with E-state index in [1.165, 1.54) is 6.21 Å². The summed E-state index contributed by atoms with van der Waals surface area (Å²) in [6, 6.07) is -1.36. The lowest BCUT2D eigenvalue weighted by molar-refractivity contribution is -0.321. The van der Waals surface area contributed by atoms with Gasteiger partial charge in [0.1, 0.15) is 12.2 Å². The first kappa shape index (κ1) is 27.9. The number of aliphatic imine (C=N–C) groups is 1. The molecule has 0 radical (unpaired) electrons. The molecule has 0 aromatic heterocycles. The van der Waals surface area contributed by atoms with Gasteiger partial charge in [-0.05, 0) is 44.9 Å². The minimum absolute atomic E-state index is 0.0129. The summed E-state index contributed by atoms with van der Waals surface area (Å²) in [6.07, 6.45) is -2.09. The lowest BCUT2D eigenvalue weighted by atomic mass is 9.93. The summed E-state index contributed by atoms with van der Waals surface area (Å²) >= 11 is 0. The molecule has 0 aromatic carbocycles. The molecular formula is C22H32F3N3O6. The number of nitrogens with zero attached hydrogens (tertiary/aromatic N) is 1. The van der Waals surface area contributed by atoms with Crippen LogP contribution in [0.5, 0.6) is 0 Å². The van der Waals surface area contributed by atoms with Crippen molar-refractivity contribution >= 4 is 29.7 Å². The Hall–Kier alpha value is -2.34. The number of nitrogens with one attached hydrogen (secondary N) is 2. The molecule has 0 spiro atoms. The number of alkyl halides is 3. The van der Waals surface area contributed by atoms with Crippen molar-refractivity contribution in [1.82, 2.24) is 10.6 Å². The van der Waals surface area contributed by atoms with E-state index in [1.807, 2.05) is 13.8 Å². The number of amides is 3. The van der Waals surface area contributed by atoms with Gasteiger partial charge in [0, 0.05) is 25.3 Å². The number of ketones is 1. The summed E-state index contributed by atoms with van der Waals surface area (Å²) in [4.78, 5) is 53.8. The molecule has 2 aliphatic rings. The largest absolute Gasteiger partial charge is 0.522 e. The fourth-order valence-corrected chi connectivity index (χ4v) is 3.94. The van der Waals surface area contributed by atoms with Crippen molar-refractivity contribution in [1.29, 1.82) is 0 Å². The van der Waals surface area contributed by atoms with Gasteiger partial charge in [0.25, 0.3) is 5.91 Å². The van der Waals surface area contributed by atoms with Gasteiger partial charge in [0.15, 0.2) is 5.78 Å². The number of hydrogen-bond acceptors (Lipinski definition) is 6. The molecule has 2 aliphatic heterocycles. The number of ether oxygens (including phenoxy) is 2. The van der Waals surface area contributed by atoms with Crippen LogP contribution in [0.2, 0.25) is 0 Å². The normalized spacial score (nSPS) is 24.9. The Bertz CT molecular complexity index is 793. The summed E-state index contributed by atoms with van der Waals surface area (Å²) in [5.41, 5.74) is -1.06. The zero-order valence-electron chi connectivity index (χ0n) is 19.6. The Balaban J connectivity index is 2.14. The number of carbonyl (C=O) groups is 4. The van der Waals surface area contributed by atoms with E-state index >= 15 is 0 Å². The summed E-state index contributed by atoms with van der Waals surface area (Å²) < 4.78 is 46.4. The first-order valence-corrected chi connectivity index (χ1v) is 11.3. The van der Waals surface area contributed by atoms with Crippen molar-refractivity contribution in [3.8, 4) is 0 Å². The molecule has 2 rings (SSSR count). The standard InChI is InChI=1S/C22H32F3N3O6/c1-13(2)9-15(11-27-20(32)21(3)6-4-8-33-21)19(31)28-16(10-14-5-7-26-18(14)30)17(29)12-34-22(23,24)25/h11,13-16H,4-10,12H2,1-3H3,(H,26,30)(H,28,31)/b27-11+/t14-,15?,16-,21?/m0/s1. The van der Waals surface area contributed by atoms with Crippen LogP contribution in [0.15, 0.2) is 4.99 Å². The molecule has 0 aliphatic carbocycles. The lowest BCUT2D eigenvalue weighted by Gasteiger charge is -2.23. The summed E-state index contributed by atoms with van der Waals surface area (Å²) in [5.74, 6) is -4.07. The van der Waals surface area contributed by atoms with E-state index in [4.69, 9.17) is 4.74 Å². The van der Waals surface area contributed by atoms with Crippen LogP contribution in [0.25, 0.3) is 0 Å².